The number of benzene rings is 1. The molecule has 1 saturated carbocycles. The first-order chi connectivity index (χ1) is 12.8. The average Bonchev–Trinajstić information content (AvgIpc) is 3.29. The van der Waals surface area contributed by atoms with Crippen LogP contribution in [0.1, 0.15) is 52.5 Å². The van der Waals surface area contributed by atoms with Crippen LogP contribution in [0.25, 0.3) is 0 Å². The van der Waals surface area contributed by atoms with Gasteiger partial charge in [-0.05, 0) is 70.6 Å². The van der Waals surface area contributed by atoms with Crippen LogP contribution in [-0.2, 0) is 10.2 Å². The Morgan fingerprint density at radius 2 is 2.00 bits per heavy atom. The summed E-state index contributed by atoms with van der Waals surface area (Å²) in [5.41, 5.74) is 1.65. The lowest BCUT2D eigenvalue weighted by Gasteiger charge is -2.27. The Balaban J connectivity index is 1.58. The lowest BCUT2D eigenvalue weighted by Crippen LogP contribution is -2.36. The molecule has 1 aliphatic carbocycles. The average molecular weight is 370 g/mol. The molecule has 1 aromatic rings. The molecule has 1 saturated heterocycles. The molecule has 1 aliphatic heterocycles. The van der Waals surface area contributed by atoms with E-state index in [-0.39, 0.29) is 11.5 Å². The van der Waals surface area contributed by atoms with Crippen molar-refractivity contribution in [1.82, 2.24) is 4.90 Å². The van der Waals surface area contributed by atoms with Crippen molar-refractivity contribution >= 4 is 11.8 Å². The Morgan fingerprint density at radius 3 is 2.52 bits per heavy atom. The summed E-state index contributed by atoms with van der Waals surface area (Å²) >= 11 is 0. The van der Waals surface area contributed by atoms with Crippen molar-refractivity contribution in [3.8, 4) is 6.07 Å². The summed E-state index contributed by atoms with van der Waals surface area (Å²) in [6.07, 6.45) is 2.75. The number of carbonyl (C=O) groups is 1. The first-order valence-electron chi connectivity index (χ1n) is 10.0. The predicted octanol–water partition coefficient (Wildman–Crippen LogP) is 4.33. The van der Waals surface area contributed by atoms with Crippen molar-refractivity contribution < 1.29 is 9.53 Å². The summed E-state index contributed by atoms with van der Waals surface area (Å²) in [4.78, 5) is 16.5. The molecule has 3 rings (SSSR count). The van der Waals surface area contributed by atoms with Crippen molar-refractivity contribution in [2.75, 3.05) is 31.1 Å². The van der Waals surface area contributed by atoms with Crippen LogP contribution in [0.15, 0.2) is 24.3 Å². The van der Waals surface area contributed by atoms with Gasteiger partial charge in [-0.15, -0.1) is 0 Å². The Morgan fingerprint density at radius 1 is 1.33 bits per heavy atom. The first-order valence-corrected chi connectivity index (χ1v) is 10.0. The van der Waals surface area contributed by atoms with Crippen LogP contribution in [0.2, 0.25) is 0 Å². The maximum absolute atomic E-state index is 12.3. The topological polar surface area (TPSA) is 56.6 Å². The maximum atomic E-state index is 12.3. The summed E-state index contributed by atoms with van der Waals surface area (Å²) < 4.78 is 5.49. The van der Waals surface area contributed by atoms with Crippen molar-refractivity contribution in [3.05, 3.63) is 29.8 Å². The molecule has 5 heteroatoms. The highest BCUT2D eigenvalue weighted by Crippen LogP contribution is 2.47. The van der Waals surface area contributed by atoms with E-state index in [1.807, 2.05) is 25.7 Å². The van der Waals surface area contributed by atoms with Crippen LogP contribution in [0.3, 0.4) is 0 Å². The highest BCUT2D eigenvalue weighted by Gasteiger charge is 2.44. The zero-order chi connectivity index (χ0) is 19.7. The molecule has 27 heavy (non-hydrogen) atoms. The fourth-order valence-electron chi connectivity index (χ4n) is 3.78. The van der Waals surface area contributed by atoms with Gasteiger partial charge in [-0.25, -0.2) is 4.79 Å². The molecule has 0 aromatic heterocycles. The van der Waals surface area contributed by atoms with Gasteiger partial charge < -0.3 is 14.5 Å². The molecule has 0 bridgehead atoms. The Kier molecular flexibility index (Phi) is 5.37. The SMILES string of the molecule is CCN(CC1CCN(C(=O)OC(C)(C)C)C1)c1ccc(C2(C#N)CC2)cc1. The van der Waals surface area contributed by atoms with E-state index >= 15 is 0 Å². The molecule has 0 N–H and O–H groups in total. The molecule has 1 heterocycles. The number of nitrogens with zero attached hydrogens (tertiary/aromatic N) is 3. The zero-order valence-electron chi connectivity index (χ0n) is 17.0. The number of nitriles is 1. The van der Waals surface area contributed by atoms with Crippen LogP contribution in [0.5, 0.6) is 0 Å². The summed E-state index contributed by atoms with van der Waals surface area (Å²) in [5.74, 6) is 0.450. The van der Waals surface area contributed by atoms with E-state index in [2.05, 4.69) is 42.2 Å². The number of anilines is 1. The summed E-state index contributed by atoms with van der Waals surface area (Å²) in [5, 5.41) is 9.36. The van der Waals surface area contributed by atoms with Gasteiger partial charge >= 0.3 is 6.09 Å². The van der Waals surface area contributed by atoms with Gasteiger partial charge in [0.2, 0.25) is 0 Å². The minimum Gasteiger partial charge on any atom is -0.444 e. The molecular formula is C22H31N3O2. The van der Waals surface area contributed by atoms with Gasteiger partial charge in [-0.3, -0.25) is 0 Å². The van der Waals surface area contributed by atoms with E-state index in [0.29, 0.717) is 5.92 Å². The number of carbonyl (C=O) groups excluding carboxylic acids is 1. The smallest absolute Gasteiger partial charge is 0.410 e. The molecule has 1 aromatic carbocycles. The second kappa shape index (κ2) is 7.42. The van der Waals surface area contributed by atoms with E-state index in [9.17, 15) is 10.1 Å². The van der Waals surface area contributed by atoms with Crippen molar-refractivity contribution in [1.29, 1.82) is 5.26 Å². The number of hydrogen-bond donors (Lipinski definition) is 0. The first kappa shape index (κ1) is 19.5. The Bertz CT molecular complexity index is 711. The predicted molar refractivity (Wildman–Crippen MR) is 107 cm³/mol. The highest BCUT2D eigenvalue weighted by molar-refractivity contribution is 5.68. The zero-order valence-corrected chi connectivity index (χ0v) is 17.0. The highest BCUT2D eigenvalue weighted by atomic mass is 16.6. The second-order valence-corrected chi connectivity index (χ2v) is 8.86. The van der Waals surface area contributed by atoms with Crippen molar-refractivity contribution in [2.45, 2.75) is 58.0 Å². The molecule has 2 fully saturated rings. The molecule has 1 atom stereocenters. The molecule has 0 radical (unpaired) electrons. The largest absolute Gasteiger partial charge is 0.444 e. The van der Waals surface area contributed by atoms with Crippen LogP contribution < -0.4 is 4.90 Å². The lowest BCUT2D eigenvalue weighted by molar-refractivity contribution is 0.0288. The van der Waals surface area contributed by atoms with Gasteiger partial charge in [0.15, 0.2) is 0 Å². The molecule has 1 amide bonds. The van der Waals surface area contributed by atoms with E-state index in [1.165, 1.54) is 5.69 Å². The van der Waals surface area contributed by atoms with Gasteiger partial charge in [-0.1, -0.05) is 12.1 Å². The number of amides is 1. The number of hydrogen-bond acceptors (Lipinski definition) is 4. The van der Waals surface area contributed by atoms with E-state index in [1.54, 1.807) is 0 Å². The minimum atomic E-state index is -0.450. The van der Waals surface area contributed by atoms with E-state index < -0.39 is 5.60 Å². The molecule has 2 aliphatic rings. The van der Waals surface area contributed by atoms with Gasteiger partial charge in [0.05, 0.1) is 11.5 Å². The van der Waals surface area contributed by atoms with Crippen LogP contribution in [-0.4, -0.2) is 42.8 Å². The van der Waals surface area contributed by atoms with Gasteiger partial charge in [0.25, 0.3) is 0 Å². The molecule has 5 nitrogen and oxygen atoms in total. The van der Waals surface area contributed by atoms with Crippen molar-refractivity contribution in [2.24, 2.45) is 5.92 Å². The lowest BCUT2D eigenvalue weighted by atomic mass is 9.97. The van der Waals surface area contributed by atoms with Crippen molar-refractivity contribution in [3.63, 3.8) is 0 Å². The number of likely N-dealkylation sites (tertiary alicyclic amines) is 1. The summed E-state index contributed by atoms with van der Waals surface area (Å²) in [6.45, 7) is 11.2. The van der Waals surface area contributed by atoms with Gasteiger partial charge in [-0.2, -0.15) is 5.26 Å². The van der Waals surface area contributed by atoms with Crippen LogP contribution >= 0.6 is 0 Å². The maximum Gasteiger partial charge on any atom is 0.410 e. The van der Waals surface area contributed by atoms with E-state index in [4.69, 9.17) is 4.74 Å². The molecule has 0 spiro atoms. The molecule has 1 unspecified atom stereocenters. The summed E-state index contributed by atoms with van der Waals surface area (Å²) in [6, 6.07) is 10.9. The second-order valence-electron chi connectivity index (χ2n) is 8.86. The minimum absolute atomic E-state index is 0.205. The van der Waals surface area contributed by atoms with E-state index in [0.717, 1.165) is 51.0 Å². The third-order valence-electron chi connectivity index (χ3n) is 5.55. The Hall–Kier alpha value is -2.22. The Labute approximate surface area is 162 Å². The fourth-order valence-corrected chi connectivity index (χ4v) is 3.78. The fraction of sp³-hybridized carbons (Fsp3) is 0.636. The normalized spacial score (nSPS) is 20.9. The van der Waals surface area contributed by atoms with Crippen LogP contribution in [0, 0.1) is 17.2 Å². The molecule has 146 valence electrons. The van der Waals surface area contributed by atoms with Crippen LogP contribution in [0.4, 0.5) is 10.5 Å². The summed E-state index contributed by atoms with van der Waals surface area (Å²) in [7, 11) is 0. The number of rotatable bonds is 5. The standard InChI is InChI=1S/C22H31N3O2/c1-5-24(19-8-6-18(7-9-19)22(16-23)11-12-22)14-17-10-13-25(15-17)20(26)27-21(2,3)4/h6-9,17H,5,10-15H2,1-4H3. The quantitative estimate of drug-likeness (QED) is 0.775. The molecular weight excluding hydrogens is 338 g/mol. The number of ether oxygens (including phenoxy) is 1. The third kappa shape index (κ3) is 4.55. The third-order valence-corrected chi connectivity index (χ3v) is 5.55. The van der Waals surface area contributed by atoms with Gasteiger partial charge in [0.1, 0.15) is 5.60 Å². The monoisotopic (exact) mass is 369 g/mol. The van der Waals surface area contributed by atoms with Gasteiger partial charge in [0, 0.05) is 31.9 Å².